The highest BCUT2D eigenvalue weighted by molar-refractivity contribution is 6.32. The summed E-state index contributed by atoms with van der Waals surface area (Å²) in [7, 11) is 3.44. The summed E-state index contributed by atoms with van der Waals surface area (Å²) in [4.78, 5) is 4.37. The van der Waals surface area contributed by atoms with Crippen LogP contribution < -0.4 is 10.5 Å². The van der Waals surface area contributed by atoms with Gasteiger partial charge in [-0.2, -0.15) is 5.10 Å². The number of fused-ring (bicyclic) bond motifs is 1. The normalized spacial score (nSPS) is 11.2. The Bertz CT molecular complexity index is 805. The monoisotopic (exact) mass is 291 g/mol. The van der Waals surface area contributed by atoms with Gasteiger partial charge in [-0.15, -0.1) is 0 Å². The van der Waals surface area contributed by atoms with Crippen LogP contribution in [0, 0.1) is 6.92 Å². The summed E-state index contributed by atoms with van der Waals surface area (Å²) in [6.07, 6.45) is 0. The number of nitrogens with two attached hydrogens (primary N) is 1. The van der Waals surface area contributed by atoms with Crippen LogP contribution in [0.15, 0.2) is 18.2 Å². The standard InChI is InChI=1S/C13H14ClN5O/c1-7-11-12(18(2)17-7)19(13(15)16-11)8-4-5-9(14)10(6-8)20-3/h4-6H,1-3H3,(H2,15,16). The number of hydrogen-bond donors (Lipinski definition) is 1. The molecule has 104 valence electrons. The van der Waals surface area contributed by atoms with Crippen molar-refractivity contribution >= 4 is 28.7 Å². The fourth-order valence-corrected chi connectivity index (χ4v) is 2.53. The summed E-state index contributed by atoms with van der Waals surface area (Å²) < 4.78 is 8.83. The Labute approximate surface area is 120 Å². The molecule has 20 heavy (non-hydrogen) atoms. The smallest absolute Gasteiger partial charge is 0.207 e. The third-order valence-corrected chi connectivity index (χ3v) is 3.53. The zero-order chi connectivity index (χ0) is 14.4. The average molecular weight is 292 g/mol. The summed E-state index contributed by atoms with van der Waals surface area (Å²) >= 11 is 6.05. The number of aryl methyl sites for hydroxylation is 2. The molecular formula is C13H14ClN5O. The lowest BCUT2D eigenvalue weighted by Gasteiger charge is -2.09. The van der Waals surface area contributed by atoms with Crippen molar-refractivity contribution in [1.29, 1.82) is 0 Å². The van der Waals surface area contributed by atoms with Crippen LogP contribution in [0.4, 0.5) is 5.95 Å². The van der Waals surface area contributed by atoms with Gasteiger partial charge >= 0.3 is 0 Å². The lowest BCUT2D eigenvalue weighted by atomic mass is 10.3. The number of hydrogen-bond acceptors (Lipinski definition) is 4. The van der Waals surface area contributed by atoms with E-state index >= 15 is 0 Å². The van der Waals surface area contributed by atoms with E-state index < -0.39 is 0 Å². The number of ether oxygens (including phenoxy) is 1. The van der Waals surface area contributed by atoms with E-state index in [-0.39, 0.29) is 0 Å². The van der Waals surface area contributed by atoms with Crippen LogP contribution in [0.1, 0.15) is 5.69 Å². The van der Waals surface area contributed by atoms with Crippen molar-refractivity contribution in [2.24, 2.45) is 7.05 Å². The number of nitrogen functional groups attached to an aromatic ring is 1. The maximum atomic E-state index is 6.05. The highest BCUT2D eigenvalue weighted by atomic mass is 35.5. The molecule has 0 unspecified atom stereocenters. The fourth-order valence-electron chi connectivity index (χ4n) is 2.33. The van der Waals surface area contributed by atoms with Gasteiger partial charge in [-0.3, -0.25) is 4.57 Å². The Hall–Kier alpha value is -2.21. The van der Waals surface area contributed by atoms with Crippen LogP contribution in [0.2, 0.25) is 5.02 Å². The molecule has 0 saturated heterocycles. The number of halogens is 1. The van der Waals surface area contributed by atoms with Crippen molar-refractivity contribution in [3.63, 3.8) is 0 Å². The molecule has 0 radical (unpaired) electrons. The van der Waals surface area contributed by atoms with Gasteiger partial charge in [-0.1, -0.05) is 11.6 Å². The van der Waals surface area contributed by atoms with Gasteiger partial charge in [0.25, 0.3) is 0 Å². The highest BCUT2D eigenvalue weighted by Crippen LogP contribution is 2.30. The van der Waals surface area contributed by atoms with E-state index in [2.05, 4.69) is 10.1 Å². The van der Waals surface area contributed by atoms with Gasteiger partial charge in [0, 0.05) is 13.1 Å². The van der Waals surface area contributed by atoms with Crippen LogP contribution >= 0.6 is 11.6 Å². The van der Waals surface area contributed by atoms with Gasteiger partial charge in [-0.25, -0.2) is 9.67 Å². The molecule has 0 bridgehead atoms. The molecular weight excluding hydrogens is 278 g/mol. The first-order chi connectivity index (χ1) is 9.52. The van der Waals surface area contributed by atoms with Gasteiger partial charge in [0.05, 0.1) is 23.5 Å². The second-order valence-electron chi connectivity index (χ2n) is 4.51. The summed E-state index contributed by atoms with van der Waals surface area (Å²) in [5, 5.41) is 4.91. The third kappa shape index (κ3) is 1.72. The predicted molar refractivity (Wildman–Crippen MR) is 78.5 cm³/mol. The second kappa shape index (κ2) is 4.42. The van der Waals surface area contributed by atoms with E-state index in [4.69, 9.17) is 22.1 Å². The quantitative estimate of drug-likeness (QED) is 0.786. The van der Waals surface area contributed by atoms with Crippen molar-refractivity contribution in [3.05, 3.63) is 28.9 Å². The van der Waals surface area contributed by atoms with Gasteiger partial charge < -0.3 is 10.5 Å². The number of anilines is 1. The molecule has 0 spiro atoms. The molecule has 0 amide bonds. The Morgan fingerprint density at radius 1 is 1.35 bits per heavy atom. The number of aromatic nitrogens is 4. The van der Waals surface area contributed by atoms with Crippen LogP contribution in [-0.4, -0.2) is 26.4 Å². The Morgan fingerprint density at radius 3 is 2.80 bits per heavy atom. The van der Waals surface area contributed by atoms with Crippen molar-refractivity contribution in [3.8, 4) is 11.4 Å². The van der Waals surface area contributed by atoms with E-state index in [1.807, 2.05) is 30.7 Å². The minimum absolute atomic E-state index is 0.403. The summed E-state index contributed by atoms with van der Waals surface area (Å²) in [6, 6.07) is 5.46. The minimum Gasteiger partial charge on any atom is -0.495 e. The Morgan fingerprint density at radius 2 is 2.10 bits per heavy atom. The number of benzene rings is 1. The molecule has 0 aliphatic carbocycles. The minimum atomic E-state index is 0.403. The van der Waals surface area contributed by atoms with Gasteiger partial charge in [0.1, 0.15) is 11.3 Å². The van der Waals surface area contributed by atoms with Crippen molar-refractivity contribution < 1.29 is 4.74 Å². The molecule has 7 heteroatoms. The molecule has 2 heterocycles. The van der Waals surface area contributed by atoms with Crippen LogP contribution in [0.25, 0.3) is 16.9 Å². The first kappa shape index (κ1) is 12.8. The molecule has 0 aliphatic heterocycles. The molecule has 0 saturated carbocycles. The predicted octanol–water partition coefficient (Wildman–Crippen LogP) is 2.31. The van der Waals surface area contributed by atoms with E-state index in [0.29, 0.717) is 16.7 Å². The molecule has 2 N–H and O–H groups in total. The van der Waals surface area contributed by atoms with Crippen molar-refractivity contribution in [2.45, 2.75) is 6.92 Å². The van der Waals surface area contributed by atoms with Crippen molar-refractivity contribution in [1.82, 2.24) is 19.3 Å². The number of rotatable bonds is 2. The lowest BCUT2D eigenvalue weighted by Crippen LogP contribution is -2.05. The van der Waals surface area contributed by atoms with E-state index in [0.717, 1.165) is 22.5 Å². The number of imidazole rings is 1. The average Bonchev–Trinajstić information content (AvgIpc) is 2.89. The van der Waals surface area contributed by atoms with Gasteiger partial charge in [0.2, 0.25) is 5.95 Å². The number of methoxy groups -OCH3 is 1. The summed E-state index contributed by atoms with van der Waals surface area (Å²) in [5.74, 6) is 0.991. The lowest BCUT2D eigenvalue weighted by molar-refractivity contribution is 0.415. The van der Waals surface area contributed by atoms with E-state index in [1.165, 1.54) is 0 Å². The molecule has 1 aromatic carbocycles. The summed E-state index contributed by atoms with van der Waals surface area (Å²) in [6.45, 7) is 1.90. The van der Waals surface area contributed by atoms with E-state index in [1.54, 1.807) is 17.9 Å². The summed E-state index contributed by atoms with van der Waals surface area (Å²) in [5.41, 5.74) is 9.33. The molecule has 3 aromatic rings. The molecule has 3 rings (SSSR count). The maximum absolute atomic E-state index is 6.05. The highest BCUT2D eigenvalue weighted by Gasteiger charge is 2.17. The van der Waals surface area contributed by atoms with Gasteiger partial charge in [0.15, 0.2) is 5.65 Å². The fraction of sp³-hybridized carbons (Fsp3) is 0.231. The Balaban J connectivity index is 2.31. The third-order valence-electron chi connectivity index (χ3n) is 3.22. The zero-order valence-corrected chi connectivity index (χ0v) is 12.1. The molecule has 6 nitrogen and oxygen atoms in total. The first-order valence-corrected chi connectivity index (χ1v) is 6.42. The van der Waals surface area contributed by atoms with Crippen LogP contribution in [0.5, 0.6) is 5.75 Å². The zero-order valence-electron chi connectivity index (χ0n) is 11.4. The van der Waals surface area contributed by atoms with E-state index in [9.17, 15) is 0 Å². The molecule has 0 fully saturated rings. The molecule has 0 aliphatic rings. The maximum Gasteiger partial charge on any atom is 0.207 e. The molecule has 2 aromatic heterocycles. The van der Waals surface area contributed by atoms with Crippen LogP contribution in [-0.2, 0) is 7.05 Å². The largest absolute Gasteiger partial charge is 0.495 e. The first-order valence-electron chi connectivity index (χ1n) is 6.04. The Kier molecular flexibility index (Phi) is 2.83. The van der Waals surface area contributed by atoms with Crippen molar-refractivity contribution in [2.75, 3.05) is 12.8 Å². The topological polar surface area (TPSA) is 70.9 Å². The SMILES string of the molecule is COc1cc(-n2c(N)nc3c(C)nn(C)c32)ccc1Cl. The second-order valence-corrected chi connectivity index (χ2v) is 4.91. The van der Waals surface area contributed by atoms with Gasteiger partial charge in [-0.05, 0) is 19.1 Å². The number of nitrogens with zero attached hydrogens (tertiary/aromatic N) is 4. The van der Waals surface area contributed by atoms with Crippen LogP contribution in [0.3, 0.4) is 0 Å². The molecule has 0 atom stereocenters.